The Hall–Kier alpha value is -0.670. The highest BCUT2D eigenvalue weighted by Crippen LogP contribution is 2.22. The van der Waals surface area contributed by atoms with Crippen LogP contribution in [0.5, 0.6) is 5.75 Å². The predicted molar refractivity (Wildman–Crippen MR) is 56.3 cm³/mol. The van der Waals surface area contributed by atoms with Gasteiger partial charge in [0.25, 0.3) is 0 Å². The molecule has 0 heterocycles. The third-order valence-electron chi connectivity index (χ3n) is 1.93. The second kappa shape index (κ2) is 5.14. The average Bonchev–Trinajstić information content (AvgIpc) is 2.14. The SMILES string of the molecule is CSCC(CO)c1cccc(O)c1. The van der Waals surface area contributed by atoms with E-state index in [9.17, 15) is 5.11 Å². The van der Waals surface area contributed by atoms with Crippen molar-refractivity contribution in [3.63, 3.8) is 0 Å². The van der Waals surface area contributed by atoms with E-state index >= 15 is 0 Å². The number of hydrogen-bond donors (Lipinski definition) is 2. The summed E-state index contributed by atoms with van der Waals surface area (Å²) in [7, 11) is 0. The van der Waals surface area contributed by atoms with Gasteiger partial charge in [-0.05, 0) is 24.0 Å². The van der Waals surface area contributed by atoms with Gasteiger partial charge in [-0.2, -0.15) is 11.8 Å². The number of phenolic OH excluding ortho intramolecular Hbond substituents is 1. The topological polar surface area (TPSA) is 40.5 Å². The molecule has 2 N–H and O–H groups in total. The van der Waals surface area contributed by atoms with Gasteiger partial charge in [0.15, 0.2) is 0 Å². The molecular formula is C10H14O2S. The molecule has 0 aliphatic heterocycles. The average molecular weight is 198 g/mol. The third-order valence-corrected chi connectivity index (χ3v) is 2.67. The Balaban J connectivity index is 2.78. The number of rotatable bonds is 4. The maximum absolute atomic E-state index is 9.24. The molecule has 0 amide bonds. The van der Waals surface area contributed by atoms with Crippen molar-refractivity contribution < 1.29 is 10.2 Å². The van der Waals surface area contributed by atoms with E-state index < -0.39 is 0 Å². The molecule has 1 aromatic carbocycles. The molecule has 2 nitrogen and oxygen atoms in total. The number of aliphatic hydroxyl groups excluding tert-OH is 1. The summed E-state index contributed by atoms with van der Waals surface area (Å²) in [4.78, 5) is 0. The molecule has 1 rings (SSSR count). The van der Waals surface area contributed by atoms with Crippen molar-refractivity contribution in [3.8, 4) is 5.75 Å². The summed E-state index contributed by atoms with van der Waals surface area (Å²) < 4.78 is 0. The van der Waals surface area contributed by atoms with Crippen LogP contribution in [0.1, 0.15) is 11.5 Å². The Morgan fingerprint density at radius 2 is 2.23 bits per heavy atom. The Morgan fingerprint density at radius 1 is 1.46 bits per heavy atom. The lowest BCUT2D eigenvalue weighted by Crippen LogP contribution is -2.06. The highest BCUT2D eigenvalue weighted by atomic mass is 32.2. The van der Waals surface area contributed by atoms with Crippen molar-refractivity contribution in [1.29, 1.82) is 0 Å². The molecule has 0 radical (unpaired) electrons. The van der Waals surface area contributed by atoms with Crippen LogP contribution in [-0.4, -0.2) is 28.8 Å². The highest BCUT2D eigenvalue weighted by molar-refractivity contribution is 7.98. The van der Waals surface area contributed by atoms with Gasteiger partial charge in [0.2, 0.25) is 0 Å². The number of aromatic hydroxyl groups is 1. The molecule has 0 saturated heterocycles. The minimum absolute atomic E-state index is 0.127. The van der Waals surface area contributed by atoms with Crippen molar-refractivity contribution in [1.82, 2.24) is 0 Å². The standard InChI is InChI=1S/C10H14O2S/c1-13-7-9(6-11)8-3-2-4-10(12)5-8/h2-5,9,11-12H,6-7H2,1H3. The molecule has 1 unspecified atom stereocenters. The molecule has 0 aromatic heterocycles. The van der Waals surface area contributed by atoms with Crippen LogP contribution < -0.4 is 0 Å². The molecule has 0 aliphatic rings. The van der Waals surface area contributed by atoms with Crippen LogP contribution in [-0.2, 0) is 0 Å². The fraction of sp³-hybridized carbons (Fsp3) is 0.400. The second-order valence-corrected chi connectivity index (χ2v) is 3.84. The van der Waals surface area contributed by atoms with Crippen LogP contribution in [0.25, 0.3) is 0 Å². The Morgan fingerprint density at radius 3 is 2.77 bits per heavy atom. The van der Waals surface area contributed by atoms with Gasteiger partial charge >= 0.3 is 0 Å². The highest BCUT2D eigenvalue weighted by Gasteiger charge is 2.09. The van der Waals surface area contributed by atoms with Gasteiger partial charge in [0, 0.05) is 11.7 Å². The largest absolute Gasteiger partial charge is 0.508 e. The first-order chi connectivity index (χ1) is 6.27. The van der Waals surface area contributed by atoms with Crippen molar-refractivity contribution in [2.45, 2.75) is 5.92 Å². The Bertz CT molecular complexity index is 263. The van der Waals surface area contributed by atoms with E-state index in [4.69, 9.17) is 5.11 Å². The van der Waals surface area contributed by atoms with Gasteiger partial charge in [0.1, 0.15) is 5.75 Å². The summed E-state index contributed by atoms with van der Waals surface area (Å²) in [6.45, 7) is 0.129. The zero-order valence-corrected chi connectivity index (χ0v) is 8.42. The van der Waals surface area contributed by atoms with E-state index in [0.717, 1.165) is 11.3 Å². The van der Waals surface area contributed by atoms with E-state index in [0.29, 0.717) is 0 Å². The monoisotopic (exact) mass is 198 g/mol. The minimum Gasteiger partial charge on any atom is -0.508 e. The van der Waals surface area contributed by atoms with Gasteiger partial charge in [0.05, 0.1) is 6.61 Å². The molecule has 0 aliphatic carbocycles. The number of phenols is 1. The zero-order valence-electron chi connectivity index (χ0n) is 7.60. The van der Waals surface area contributed by atoms with Crippen molar-refractivity contribution >= 4 is 11.8 Å². The van der Waals surface area contributed by atoms with Crippen LogP contribution in [0.4, 0.5) is 0 Å². The molecule has 3 heteroatoms. The first kappa shape index (κ1) is 10.4. The molecule has 1 aromatic rings. The van der Waals surface area contributed by atoms with E-state index in [2.05, 4.69) is 0 Å². The van der Waals surface area contributed by atoms with E-state index in [1.807, 2.05) is 12.3 Å². The summed E-state index contributed by atoms with van der Waals surface area (Å²) in [6.07, 6.45) is 2.01. The summed E-state index contributed by atoms with van der Waals surface area (Å²) in [6, 6.07) is 7.07. The second-order valence-electron chi connectivity index (χ2n) is 2.93. The zero-order chi connectivity index (χ0) is 9.68. The van der Waals surface area contributed by atoms with Crippen LogP contribution in [0.15, 0.2) is 24.3 Å². The van der Waals surface area contributed by atoms with Crippen LogP contribution in [0.2, 0.25) is 0 Å². The van der Waals surface area contributed by atoms with E-state index in [1.54, 1.807) is 30.0 Å². The van der Waals surface area contributed by atoms with Crippen LogP contribution >= 0.6 is 11.8 Å². The Kier molecular flexibility index (Phi) is 4.12. The third kappa shape index (κ3) is 2.94. The van der Waals surface area contributed by atoms with Gasteiger partial charge in [-0.15, -0.1) is 0 Å². The maximum atomic E-state index is 9.24. The van der Waals surface area contributed by atoms with Gasteiger partial charge in [-0.3, -0.25) is 0 Å². The van der Waals surface area contributed by atoms with Crippen molar-refractivity contribution in [2.24, 2.45) is 0 Å². The lowest BCUT2D eigenvalue weighted by molar-refractivity contribution is 0.274. The summed E-state index contributed by atoms with van der Waals surface area (Å²) in [5.41, 5.74) is 0.997. The number of hydrogen-bond acceptors (Lipinski definition) is 3. The Labute approximate surface area is 82.6 Å². The first-order valence-electron chi connectivity index (χ1n) is 4.16. The molecule has 0 bridgehead atoms. The van der Waals surface area contributed by atoms with Gasteiger partial charge in [-0.1, -0.05) is 12.1 Å². The molecule has 1 atom stereocenters. The molecule has 0 fully saturated rings. The maximum Gasteiger partial charge on any atom is 0.115 e. The molecule has 0 saturated carbocycles. The molecule has 0 spiro atoms. The summed E-state index contributed by atoms with van der Waals surface area (Å²) in [5, 5.41) is 18.3. The number of thioether (sulfide) groups is 1. The van der Waals surface area contributed by atoms with Gasteiger partial charge in [-0.25, -0.2) is 0 Å². The van der Waals surface area contributed by atoms with E-state index in [-0.39, 0.29) is 18.3 Å². The predicted octanol–water partition coefficient (Wildman–Crippen LogP) is 1.83. The fourth-order valence-corrected chi connectivity index (χ4v) is 1.93. The lowest BCUT2D eigenvalue weighted by Gasteiger charge is -2.12. The fourth-order valence-electron chi connectivity index (χ4n) is 1.23. The number of benzene rings is 1. The van der Waals surface area contributed by atoms with E-state index in [1.165, 1.54) is 0 Å². The summed E-state index contributed by atoms with van der Waals surface area (Å²) in [5.74, 6) is 1.26. The smallest absolute Gasteiger partial charge is 0.115 e. The van der Waals surface area contributed by atoms with Crippen molar-refractivity contribution in [3.05, 3.63) is 29.8 Å². The van der Waals surface area contributed by atoms with Crippen LogP contribution in [0.3, 0.4) is 0 Å². The quantitative estimate of drug-likeness (QED) is 0.775. The minimum atomic E-state index is 0.127. The van der Waals surface area contributed by atoms with Crippen LogP contribution in [0, 0.1) is 0 Å². The molecule has 13 heavy (non-hydrogen) atoms. The van der Waals surface area contributed by atoms with Gasteiger partial charge < -0.3 is 10.2 Å². The normalized spacial score (nSPS) is 12.8. The number of aliphatic hydroxyl groups is 1. The first-order valence-corrected chi connectivity index (χ1v) is 5.56. The summed E-state index contributed by atoms with van der Waals surface area (Å²) >= 11 is 1.69. The molecular weight excluding hydrogens is 184 g/mol. The van der Waals surface area contributed by atoms with Crippen molar-refractivity contribution in [2.75, 3.05) is 18.6 Å². The molecule has 72 valence electrons. The lowest BCUT2D eigenvalue weighted by atomic mass is 10.0.